The summed E-state index contributed by atoms with van der Waals surface area (Å²) in [5.41, 5.74) is 1.52. The van der Waals surface area contributed by atoms with Crippen LogP contribution in [0, 0.1) is 11.6 Å². The van der Waals surface area contributed by atoms with Crippen molar-refractivity contribution in [2.75, 3.05) is 13.1 Å². The molecule has 0 saturated carbocycles. The highest BCUT2D eigenvalue weighted by Crippen LogP contribution is 2.25. The molecule has 6 heteroatoms. The van der Waals surface area contributed by atoms with E-state index in [1.54, 1.807) is 30.3 Å². The number of rotatable bonds is 7. The molecule has 0 unspecified atom stereocenters. The first-order chi connectivity index (χ1) is 15.1. The van der Waals surface area contributed by atoms with Crippen LogP contribution < -0.4 is 5.32 Å². The normalized spacial score (nSPS) is 15.2. The Morgan fingerprint density at radius 1 is 1.00 bits per heavy atom. The van der Waals surface area contributed by atoms with E-state index < -0.39 is 0 Å². The summed E-state index contributed by atoms with van der Waals surface area (Å²) in [6, 6.07) is 16.8. The number of likely N-dealkylation sites (tertiary alicyclic amines) is 1. The average molecular weight is 424 g/mol. The van der Waals surface area contributed by atoms with Gasteiger partial charge in [0.2, 0.25) is 5.91 Å². The first-order valence-corrected chi connectivity index (χ1v) is 10.7. The number of carbonyl (C=O) groups is 1. The van der Waals surface area contributed by atoms with E-state index in [0.717, 1.165) is 38.0 Å². The average Bonchev–Trinajstić information content (AvgIpc) is 3.24. The molecule has 1 aliphatic rings. The highest BCUT2D eigenvalue weighted by molar-refractivity contribution is 5.76. The quantitative estimate of drug-likeness (QED) is 0.585. The number of hydrogen-bond acceptors (Lipinski definition) is 3. The van der Waals surface area contributed by atoms with E-state index in [9.17, 15) is 13.6 Å². The molecular weight excluding hydrogens is 398 g/mol. The fourth-order valence-electron chi connectivity index (χ4n) is 3.94. The molecule has 1 saturated heterocycles. The van der Waals surface area contributed by atoms with Crippen LogP contribution in [-0.2, 0) is 17.8 Å². The molecule has 1 aliphatic heterocycles. The molecule has 4 rings (SSSR count). The van der Waals surface area contributed by atoms with Crippen molar-refractivity contribution in [2.24, 2.45) is 0 Å². The third-order valence-electron chi connectivity index (χ3n) is 5.67. The Labute approximate surface area is 180 Å². The second kappa shape index (κ2) is 9.88. The van der Waals surface area contributed by atoms with Crippen molar-refractivity contribution >= 4 is 5.91 Å². The van der Waals surface area contributed by atoms with E-state index in [-0.39, 0.29) is 23.6 Å². The van der Waals surface area contributed by atoms with Gasteiger partial charge < -0.3 is 9.73 Å². The molecule has 1 N–H and O–H groups in total. The summed E-state index contributed by atoms with van der Waals surface area (Å²) in [6.45, 7) is 2.59. The maximum Gasteiger partial charge on any atom is 0.220 e. The number of aryl methyl sites for hydroxylation is 1. The van der Waals surface area contributed by atoms with Crippen LogP contribution in [0.2, 0.25) is 0 Å². The van der Waals surface area contributed by atoms with Crippen LogP contribution in [0.1, 0.15) is 30.6 Å². The Kier molecular flexibility index (Phi) is 6.77. The molecule has 31 heavy (non-hydrogen) atoms. The Hall–Kier alpha value is -2.99. The van der Waals surface area contributed by atoms with Crippen LogP contribution in [0.3, 0.4) is 0 Å². The van der Waals surface area contributed by atoms with Crippen molar-refractivity contribution in [1.82, 2.24) is 10.2 Å². The van der Waals surface area contributed by atoms with Gasteiger partial charge in [-0.1, -0.05) is 24.3 Å². The third kappa shape index (κ3) is 5.79. The molecule has 162 valence electrons. The summed E-state index contributed by atoms with van der Waals surface area (Å²) in [5.74, 6) is 0.598. The second-order valence-corrected chi connectivity index (χ2v) is 7.99. The van der Waals surface area contributed by atoms with Gasteiger partial charge in [-0.2, -0.15) is 0 Å². The van der Waals surface area contributed by atoms with Gasteiger partial charge in [0.15, 0.2) is 0 Å². The molecule has 4 nitrogen and oxygen atoms in total. The summed E-state index contributed by atoms with van der Waals surface area (Å²) < 4.78 is 32.6. The molecule has 1 fully saturated rings. The molecule has 2 heterocycles. The van der Waals surface area contributed by atoms with Gasteiger partial charge in [-0.15, -0.1) is 0 Å². The molecule has 1 aromatic heterocycles. The van der Waals surface area contributed by atoms with Gasteiger partial charge in [-0.25, -0.2) is 8.78 Å². The van der Waals surface area contributed by atoms with E-state index in [2.05, 4.69) is 10.2 Å². The van der Waals surface area contributed by atoms with Crippen LogP contribution >= 0.6 is 0 Å². The Bertz CT molecular complexity index is 1010. The van der Waals surface area contributed by atoms with Crippen molar-refractivity contribution in [2.45, 2.75) is 38.3 Å². The number of amides is 1. The first-order valence-electron chi connectivity index (χ1n) is 10.7. The number of benzene rings is 2. The standard InChI is InChI=1S/C25H26F2N2O2/c26-19-7-5-18(6-8-19)17-29-15-13-20(14-16-29)28-25(30)12-10-21-9-11-24(31-21)22-3-1-2-4-23(22)27/h1-9,11,20H,10,12-17H2,(H,28,30). The third-order valence-corrected chi connectivity index (χ3v) is 5.67. The van der Waals surface area contributed by atoms with Crippen LogP contribution in [0.15, 0.2) is 65.1 Å². The predicted molar refractivity (Wildman–Crippen MR) is 115 cm³/mol. The van der Waals surface area contributed by atoms with E-state index in [0.29, 0.717) is 29.9 Å². The molecule has 2 aromatic carbocycles. The number of halogens is 2. The predicted octanol–water partition coefficient (Wildman–Crippen LogP) is 4.94. The zero-order valence-electron chi connectivity index (χ0n) is 17.3. The van der Waals surface area contributed by atoms with Gasteiger partial charge in [-0.05, 0) is 54.8 Å². The van der Waals surface area contributed by atoms with Gasteiger partial charge in [0.1, 0.15) is 23.2 Å². The Morgan fingerprint density at radius 2 is 1.74 bits per heavy atom. The molecule has 0 atom stereocenters. The fraction of sp³-hybridized carbons (Fsp3) is 0.320. The lowest BCUT2D eigenvalue weighted by molar-refractivity contribution is -0.122. The molecule has 0 spiro atoms. The zero-order chi connectivity index (χ0) is 21.6. The van der Waals surface area contributed by atoms with Gasteiger partial charge >= 0.3 is 0 Å². The van der Waals surface area contributed by atoms with E-state index in [4.69, 9.17) is 4.42 Å². The fourth-order valence-corrected chi connectivity index (χ4v) is 3.94. The highest BCUT2D eigenvalue weighted by Gasteiger charge is 2.21. The number of nitrogens with one attached hydrogen (secondary N) is 1. The minimum absolute atomic E-state index is 0.000765. The molecule has 1 amide bonds. The van der Waals surface area contributed by atoms with Crippen LogP contribution in [0.4, 0.5) is 8.78 Å². The smallest absolute Gasteiger partial charge is 0.220 e. The topological polar surface area (TPSA) is 45.5 Å². The number of furan rings is 1. The summed E-state index contributed by atoms with van der Waals surface area (Å²) in [4.78, 5) is 14.7. The van der Waals surface area contributed by atoms with E-state index in [1.807, 2.05) is 12.1 Å². The van der Waals surface area contributed by atoms with Crippen LogP contribution in [0.5, 0.6) is 0 Å². The zero-order valence-corrected chi connectivity index (χ0v) is 17.3. The van der Waals surface area contributed by atoms with Crippen molar-refractivity contribution in [3.63, 3.8) is 0 Å². The molecular formula is C25H26F2N2O2. The van der Waals surface area contributed by atoms with Gasteiger partial charge in [0, 0.05) is 38.5 Å². The maximum absolute atomic E-state index is 13.9. The first kappa shape index (κ1) is 21.2. The van der Waals surface area contributed by atoms with Gasteiger partial charge in [-0.3, -0.25) is 9.69 Å². The Balaban J connectivity index is 1.20. The molecule has 0 radical (unpaired) electrons. The molecule has 3 aromatic rings. The lowest BCUT2D eigenvalue weighted by atomic mass is 10.0. The van der Waals surface area contributed by atoms with Crippen molar-refractivity contribution < 1.29 is 18.0 Å². The lowest BCUT2D eigenvalue weighted by Crippen LogP contribution is -2.44. The summed E-state index contributed by atoms with van der Waals surface area (Å²) in [5, 5.41) is 3.11. The Morgan fingerprint density at radius 3 is 2.48 bits per heavy atom. The van der Waals surface area contributed by atoms with Gasteiger partial charge in [0.05, 0.1) is 5.56 Å². The summed E-state index contributed by atoms with van der Waals surface area (Å²) in [6.07, 6.45) is 2.60. The largest absolute Gasteiger partial charge is 0.461 e. The van der Waals surface area contributed by atoms with Gasteiger partial charge in [0.25, 0.3) is 0 Å². The van der Waals surface area contributed by atoms with E-state index in [1.165, 1.54) is 18.2 Å². The monoisotopic (exact) mass is 424 g/mol. The number of nitrogens with zero attached hydrogens (tertiary/aromatic N) is 1. The van der Waals surface area contributed by atoms with E-state index >= 15 is 0 Å². The van der Waals surface area contributed by atoms with Crippen LogP contribution in [-0.4, -0.2) is 29.9 Å². The molecule has 0 bridgehead atoms. The minimum Gasteiger partial charge on any atom is -0.461 e. The number of hydrogen-bond donors (Lipinski definition) is 1. The minimum atomic E-state index is -0.327. The molecule has 0 aliphatic carbocycles. The number of carbonyl (C=O) groups excluding carboxylic acids is 1. The summed E-state index contributed by atoms with van der Waals surface area (Å²) >= 11 is 0. The van der Waals surface area contributed by atoms with Crippen molar-refractivity contribution in [1.29, 1.82) is 0 Å². The van der Waals surface area contributed by atoms with Crippen LogP contribution in [0.25, 0.3) is 11.3 Å². The van der Waals surface area contributed by atoms with Crippen molar-refractivity contribution in [3.8, 4) is 11.3 Å². The maximum atomic E-state index is 13.9. The SMILES string of the molecule is O=C(CCc1ccc(-c2ccccc2F)o1)NC1CCN(Cc2ccc(F)cc2)CC1. The number of piperidine rings is 1. The summed E-state index contributed by atoms with van der Waals surface area (Å²) in [7, 11) is 0. The highest BCUT2D eigenvalue weighted by atomic mass is 19.1. The second-order valence-electron chi connectivity index (χ2n) is 7.99. The van der Waals surface area contributed by atoms with Crippen molar-refractivity contribution in [3.05, 3.63) is 83.6 Å². The lowest BCUT2D eigenvalue weighted by Gasteiger charge is -2.32.